The predicted octanol–water partition coefficient (Wildman–Crippen LogP) is 9.66. The lowest BCUT2D eigenvalue weighted by Gasteiger charge is -2.12. The maximum atomic E-state index is 6.52. The highest BCUT2D eigenvalue weighted by atomic mass is 35.5. The average Bonchev–Trinajstić information content (AvgIpc) is 2.83. The summed E-state index contributed by atoms with van der Waals surface area (Å²) in [5.74, 6) is 0. The summed E-state index contributed by atoms with van der Waals surface area (Å²) >= 11 is 6.52. The van der Waals surface area contributed by atoms with Gasteiger partial charge in [-0.25, -0.2) is 4.98 Å². The monoisotopic (exact) mass is 515 g/mol. The van der Waals surface area contributed by atoms with E-state index in [-0.39, 0.29) is 0 Å². The highest BCUT2D eigenvalue weighted by molar-refractivity contribution is 6.31. The molecule has 1 heterocycles. The van der Waals surface area contributed by atoms with Gasteiger partial charge in [0, 0.05) is 5.02 Å². The third-order valence-corrected chi connectivity index (χ3v) is 6.60. The standard InChI is InChI=1S/C33H42ClN3/c1-7-11-25-15-23(5)16-26(12-8-2)32(25)35-21-30-19-29(34)20-31(37-30)22-36-33-27(13-9-3)17-24(6)18-28(33)14-10-4/h15-22H,7-14H2,1-6H3. The van der Waals surface area contributed by atoms with Gasteiger partial charge in [0.15, 0.2) is 0 Å². The van der Waals surface area contributed by atoms with Gasteiger partial charge in [0.05, 0.1) is 35.2 Å². The summed E-state index contributed by atoms with van der Waals surface area (Å²) in [6.07, 6.45) is 12.1. The van der Waals surface area contributed by atoms with Crippen LogP contribution in [0.3, 0.4) is 0 Å². The highest BCUT2D eigenvalue weighted by Gasteiger charge is 2.10. The molecule has 0 fully saturated rings. The van der Waals surface area contributed by atoms with Gasteiger partial charge in [0.1, 0.15) is 0 Å². The number of halogens is 1. The van der Waals surface area contributed by atoms with E-state index in [0.717, 1.165) is 74.1 Å². The van der Waals surface area contributed by atoms with Gasteiger partial charge in [-0.2, -0.15) is 0 Å². The lowest BCUT2D eigenvalue weighted by Crippen LogP contribution is -1.97. The van der Waals surface area contributed by atoms with Crippen LogP contribution >= 0.6 is 11.6 Å². The fourth-order valence-electron chi connectivity index (χ4n) is 4.97. The lowest BCUT2D eigenvalue weighted by atomic mass is 9.97. The van der Waals surface area contributed by atoms with Crippen molar-refractivity contribution < 1.29 is 0 Å². The molecule has 4 heteroatoms. The van der Waals surface area contributed by atoms with E-state index in [2.05, 4.69) is 65.8 Å². The normalized spacial score (nSPS) is 11.8. The molecular formula is C33H42ClN3. The van der Waals surface area contributed by atoms with Crippen LogP contribution in [-0.2, 0) is 25.7 Å². The minimum absolute atomic E-state index is 0.635. The molecule has 37 heavy (non-hydrogen) atoms. The fraction of sp³-hybridized carbons (Fsp3) is 0.424. The van der Waals surface area contributed by atoms with Crippen molar-refractivity contribution in [2.24, 2.45) is 9.98 Å². The van der Waals surface area contributed by atoms with Gasteiger partial charge in [-0.3, -0.25) is 9.98 Å². The first-order valence-corrected chi connectivity index (χ1v) is 14.3. The van der Waals surface area contributed by atoms with Crippen LogP contribution in [0.2, 0.25) is 5.02 Å². The van der Waals surface area contributed by atoms with Crippen molar-refractivity contribution in [1.29, 1.82) is 0 Å². The number of aliphatic imine (C=N–C) groups is 2. The van der Waals surface area contributed by atoms with Crippen LogP contribution in [0.5, 0.6) is 0 Å². The third-order valence-electron chi connectivity index (χ3n) is 6.38. The van der Waals surface area contributed by atoms with Gasteiger partial charge in [-0.1, -0.05) is 100 Å². The minimum Gasteiger partial charge on any atom is -0.254 e. The zero-order valence-corrected chi connectivity index (χ0v) is 24.3. The summed E-state index contributed by atoms with van der Waals surface area (Å²) in [6, 6.07) is 12.8. The van der Waals surface area contributed by atoms with Gasteiger partial charge in [0.25, 0.3) is 0 Å². The van der Waals surface area contributed by atoms with E-state index in [4.69, 9.17) is 26.6 Å². The number of nitrogens with zero attached hydrogens (tertiary/aromatic N) is 3. The Hall–Kier alpha value is -2.78. The van der Waals surface area contributed by atoms with Crippen molar-refractivity contribution in [3.63, 3.8) is 0 Å². The van der Waals surface area contributed by atoms with Crippen LogP contribution in [0.25, 0.3) is 0 Å². The first kappa shape index (κ1) is 28.8. The molecule has 0 aliphatic rings. The zero-order chi connectivity index (χ0) is 26.8. The van der Waals surface area contributed by atoms with Gasteiger partial charge in [-0.15, -0.1) is 0 Å². The van der Waals surface area contributed by atoms with Gasteiger partial charge >= 0.3 is 0 Å². The maximum Gasteiger partial charge on any atom is 0.0835 e. The van der Waals surface area contributed by atoms with Gasteiger partial charge in [0.2, 0.25) is 0 Å². The van der Waals surface area contributed by atoms with Crippen LogP contribution < -0.4 is 0 Å². The molecule has 1 aromatic heterocycles. The van der Waals surface area contributed by atoms with E-state index in [0.29, 0.717) is 5.02 Å². The van der Waals surface area contributed by atoms with Gasteiger partial charge in [-0.05, 0) is 73.9 Å². The number of rotatable bonds is 12. The van der Waals surface area contributed by atoms with Crippen molar-refractivity contribution in [2.75, 3.05) is 0 Å². The molecule has 0 radical (unpaired) electrons. The van der Waals surface area contributed by atoms with Crippen molar-refractivity contribution >= 4 is 35.4 Å². The Balaban J connectivity index is 1.99. The highest BCUT2D eigenvalue weighted by Crippen LogP contribution is 2.30. The topological polar surface area (TPSA) is 37.6 Å². The number of hydrogen-bond acceptors (Lipinski definition) is 3. The number of aryl methyl sites for hydroxylation is 6. The third kappa shape index (κ3) is 8.10. The van der Waals surface area contributed by atoms with Crippen molar-refractivity contribution in [1.82, 2.24) is 4.98 Å². The lowest BCUT2D eigenvalue weighted by molar-refractivity contribution is 0.892. The number of aromatic nitrogens is 1. The summed E-state index contributed by atoms with van der Waals surface area (Å²) in [5.41, 5.74) is 11.5. The SMILES string of the molecule is CCCc1cc(C)cc(CCC)c1N=Cc1cc(Cl)cc(C=Nc2c(CCC)cc(C)cc2CCC)n1. The molecule has 0 saturated heterocycles. The first-order chi connectivity index (χ1) is 17.9. The molecule has 0 bridgehead atoms. The van der Waals surface area contributed by atoms with E-state index in [1.165, 1.54) is 33.4 Å². The smallest absolute Gasteiger partial charge is 0.0835 e. The van der Waals surface area contributed by atoms with Crippen molar-refractivity contribution in [3.05, 3.63) is 86.2 Å². The Morgan fingerprint density at radius 1 is 0.595 bits per heavy atom. The molecular weight excluding hydrogens is 474 g/mol. The second-order valence-corrected chi connectivity index (χ2v) is 10.5. The average molecular weight is 516 g/mol. The Kier molecular flexibility index (Phi) is 11.1. The molecule has 0 N–H and O–H groups in total. The van der Waals surface area contributed by atoms with E-state index >= 15 is 0 Å². The summed E-state index contributed by atoms with van der Waals surface area (Å²) < 4.78 is 0. The number of hydrogen-bond donors (Lipinski definition) is 0. The minimum atomic E-state index is 0.635. The van der Waals surface area contributed by atoms with E-state index < -0.39 is 0 Å². The summed E-state index contributed by atoms with van der Waals surface area (Å²) in [7, 11) is 0. The Morgan fingerprint density at radius 2 is 0.919 bits per heavy atom. The van der Waals surface area contributed by atoms with E-state index in [1.807, 2.05) is 24.6 Å². The molecule has 3 aromatic rings. The fourth-order valence-corrected chi connectivity index (χ4v) is 5.19. The van der Waals surface area contributed by atoms with Crippen molar-refractivity contribution in [2.45, 2.75) is 92.9 Å². The quantitative estimate of drug-likeness (QED) is 0.221. The molecule has 2 aromatic carbocycles. The molecule has 196 valence electrons. The second kappa shape index (κ2) is 14.2. The summed E-state index contributed by atoms with van der Waals surface area (Å²) in [6.45, 7) is 13.2. The van der Waals surface area contributed by atoms with Crippen LogP contribution in [0, 0.1) is 13.8 Å². The van der Waals surface area contributed by atoms with Crippen LogP contribution in [0.4, 0.5) is 11.4 Å². The Morgan fingerprint density at radius 3 is 1.22 bits per heavy atom. The molecule has 3 nitrogen and oxygen atoms in total. The Bertz CT molecular complexity index is 1110. The molecule has 0 saturated carbocycles. The Labute approximate surface area is 229 Å². The molecule has 3 rings (SSSR count). The molecule has 0 aliphatic carbocycles. The van der Waals surface area contributed by atoms with Crippen LogP contribution in [0.15, 0.2) is 46.4 Å². The summed E-state index contributed by atoms with van der Waals surface area (Å²) in [5, 5.41) is 0.635. The largest absolute Gasteiger partial charge is 0.254 e. The molecule has 0 aliphatic heterocycles. The summed E-state index contributed by atoms with van der Waals surface area (Å²) in [4.78, 5) is 14.7. The number of pyridine rings is 1. The van der Waals surface area contributed by atoms with Crippen LogP contribution in [0.1, 0.15) is 98.1 Å². The first-order valence-electron chi connectivity index (χ1n) is 13.9. The number of benzene rings is 2. The van der Waals surface area contributed by atoms with E-state index in [9.17, 15) is 0 Å². The second-order valence-electron chi connectivity index (χ2n) is 10.0. The van der Waals surface area contributed by atoms with E-state index in [1.54, 1.807) is 0 Å². The predicted molar refractivity (Wildman–Crippen MR) is 162 cm³/mol. The van der Waals surface area contributed by atoms with Crippen LogP contribution in [-0.4, -0.2) is 17.4 Å². The van der Waals surface area contributed by atoms with Gasteiger partial charge < -0.3 is 0 Å². The van der Waals surface area contributed by atoms with Crippen molar-refractivity contribution in [3.8, 4) is 0 Å². The molecule has 0 unspecified atom stereocenters. The molecule has 0 amide bonds. The molecule has 0 spiro atoms. The maximum absolute atomic E-state index is 6.52. The molecule has 0 atom stereocenters. The zero-order valence-electron chi connectivity index (χ0n) is 23.5.